The van der Waals surface area contributed by atoms with Crippen LogP contribution < -0.4 is 5.32 Å². The number of nitrogens with one attached hydrogen (secondary N) is 1. The minimum absolute atomic E-state index is 0.0445. The van der Waals surface area contributed by atoms with E-state index in [9.17, 15) is 14.9 Å². The summed E-state index contributed by atoms with van der Waals surface area (Å²) in [6.45, 7) is 8.77. The predicted molar refractivity (Wildman–Crippen MR) is 116 cm³/mol. The standard InChI is InChI=1S/C22H27N3O3S/c1-4-24-11-5-6-18(24)14-23-22(26)17-8-10-21(20(13-17)25(27)28)29-19-9-7-15(2)16(3)12-19/h7-10,12-13,18H,4-6,11,14H2,1-3H3,(H,23,26). The second kappa shape index (κ2) is 9.41. The molecule has 7 heteroatoms. The lowest BCUT2D eigenvalue weighted by molar-refractivity contribution is -0.387. The fraction of sp³-hybridized carbons (Fsp3) is 0.409. The minimum Gasteiger partial charge on any atom is -0.350 e. The molecular formula is C22H27N3O3S. The van der Waals surface area contributed by atoms with Crippen LogP contribution in [0.2, 0.25) is 0 Å². The van der Waals surface area contributed by atoms with E-state index in [4.69, 9.17) is 0 Å². The van der Waals surface area contributed by atoms with Gasteiger partial charge in [-0.1, -0.05) is 24.8 Å². The van der Waals surface area contributed by atoms with Gasteiger partial charge in [0.1, 0.15) is 0 Å². The van der Waals surface area contributed by atoms with Crippen LogP contribution in [0.15, 0.2) is 46.2 Å². The van der Waals surface area contributed by atoms with E-state index in [-0.39, 0.29) is 11.6 Å². The van der Waals surface area contributed by atoms with E-state index >= 15 is 0 Å². The van der Waals surface area contributed by atoms with Gasteiger partial charge in [0.05, 0.1) is 9.82 Å². The molecule has 29 heavy (non-hydrogen) atoms. The quantitative estimate of drug-likeness (QED) is 0.531. The van der Waals surface area contributed by atoms with Gasteiger partial charge < -0.3 is 5.32 Å². The summed E-state index contributed by atoms with van der Waals surface area (Å²) in [5.41, 5.74) is 2.60. The number of nitro benzene ring substituents is 1. The molecule has 154 valence electrons. The molecule has 0 aliphatic carbocycles. The van der Waals surface area contributed by atoms with Crippen LogP contribution in [0.1, 0.15) is 41.3 Å². The summed E-state index contributed by atoms with van der Waals surface area (Å²) in [5.74, 6) is -0.265. The molecule has 0 bridgehead atoms. The van der Waals surface area contributed by atoms with Crippen LogP contribution in [0, 0.1) is 24.0 Å². The monoisotopic (exact) mass is 413 g/mol. The zero-order valence-electron chi connectivity index (χ0n) is 17.1. The zero-order chi connectivity index (χ0) is 21.0. The molecule has 1 aliphatic rings. The first-order chi connectivity index (χ1) is 13.9. The highest BCUT2D eigenvalue weighted by atomic mass is 32.2. The lowest BCUT2D eigenvalue weighted by atomic mass is 10.1. The number of likely N-dealkylation sites (N-methyl/N-ethyl adjacent to an activating group) is 1. The Balaban J connectivity index is 1.73. The van der Waals surface area contributed by atoms with E-state index in [0.29, 0.717) is 23.0 Å². The first kappa shape index (κ1) is 21.3. The smallest absolute Gasteiger partial charge is 0.284 e. The van der Waals surface area contributed by atoms with Gasteiger partial charge in [0.15, 0.2) is 0 Å². The fourth-order valence-corrected chi connectivity index (χ4v) is 4.65. The van der Waals surface area contributed by atoms with E-state index in [0.717, 1.165) is 36.4 Å². The molecule has 0 aromatic heterocycles. The highest BCUT2D eigenvalue weighted by molar-refractivity contribution is 7.99. The third-order valence-electron chi connectivity index (χ3n) is 5.53. The van der Waals surface area contributed by atoms with E-state index in [1.165, 1.54) is 23.4 Å². The van der Waals surface area contributed by atoms with Crippen LogP contribution in [0.3, 0.4) is 0 Å². The summed E-state index contributed by atoms with van der Waals surface area (Å²) in [6.07, 6.45) is 2.21. The van der Waals surface area contributed by atoms with Crippen molar-refractivity contribution in [1.82, 2.24) is 10.2 Å². The number of benzene rings is 2. The van der Waals surface area contributed by atoms with Crippen LogP contribution in [0.5, 0.6) is 0 Å². The lowest BCUT2D eigenvalue weighted by Gasteiger charge is -2.22. The van der Waals surface area contributed by atoms with Crippen molar-refractivity contribution in [2.24, 2.45) is 0 Å². The van der Waals surface area contributed by atoms with Crippen molar-refractivity contribution in [3.63, 3.8) is 0 Å². The molecule has 1 amide bonds. The maximum atomic E-state index is 12.6. The fourth-order valence-electron chi connectivity index (χ4n) is 3.65. The Kier molecular flexibility index (Phi) is 6.92. The van der Waals surface area contributed by atoms with Crippen LogP contribution >= 0.6 is 11.8 Å². The van der Waals surface area contributed by atoms with Crippen LogP contribution in [0.4, 0.5) is 5.69 Å². The number of carbonyl (C=O) groups excluding carboxylic acids is 1. The highest BCUT2D eigenvalue weighted by Crippen LogP contribution is 2.36. The van der Waals surface area contributed by atoms with E-state index in [1.807, 2.05) is 32.0 Å². The van der Waals surface area contributed by atoms with Crippen LogP contribution in [-0.2, 0) is 0 Å². The SMILES string of the molecule is CCN1CCCC1CNC(=O)c1ccc(Sc2ccc(C)c(C)c2)c([N+](=O)[O-])c1. The number of rotatable bonds is 7. The molecule has 1 N–H and O–H groups in total. The van der Waals surface area contributed by atoms with Crippen molar-refractivity contribution in [2.75, 3.05) is 19.6 Å². The van der Waals surface area contributed by atoms with Gasteiger partial charge in [-0.3, -0.25) is 19.8 Å². The minimum atomic E-state index is -0.421. The van der Waals surface area contributed by atoms with Gasteiger partial charge in [0.25, 0.3) is 11.6 Å². The predicted octanol–water partition coefficient (Wildman–Crippen LogP) is 4.58. The molecule has 0 spiro atoms. The average molecular weight is 414 g/mol. The molecule has 2 aromatic rings. The second-order valence-corrected chi connectivity index (χ2v) is 8.54. The third-order valence-corrected chi connectivity index (χ3v) is 6.58. The van der Waals surface area contributed by atoms with Gasteiger partial charge in [-0.05, 0) is 75.2 Å². The Labute approximate surface area is 175 Å². The summed E-state index contributed by atoms with van der Waals surface area (Å²) in [5, 5.41) is 14.6. The van der Waals surface area contributed by atoms with Crippen molar-refractivity contribution in [2.45, 2.75) is 49.4 Å². The van der Waals surface area contributed by atoms with Crippen LogP contribution in [0.25, 0.3) is 0 Å². The molecule has 3 rings (SSSR count). The Morgan fingerprint density at radius 1 is 1.24 bits per heavy atom. The van der Waals surface area contributed by atoms with Gasteiger partial charge in [-0.2, -0.15) is 0 Å². The highest BCUT2D eigenvalue weighted by Gasteiger charge is 2.24. The Hall–Kier alpha value is -2.38. The first-order valence-corrected chi connectivity index (χ1v) is 10.8. The second-order valence-electron chi connectivity index (χ2n) is 7.42. The van der Waals surface area contributed by atoms with E-state index < -0.39 is 4.92 Å². The van der Waals surface area contributed by atoms with Gasteiger partial charge in [-0.15, -0.1) is 0 Å². The zero-order valence-corrected chi connectivity index (χ0v) is 17.9. The van der Waals surface area contributed by atoms with Crippen molar-refractivity contribution in [3.05, 3.63) is 63.2 Å². The third kappa shape index (κ3) is 5.16. The summed E-state index contributed by atoms with van der Waals surface area (Å²) in [6, 6.07) is 11.0. The Morgan fingerprint density at radius 2 is 2.03 bits per heavy atom. The van der Waals surface area contributed by atoms with Gasteiger partial charge >= 0.3 is 0 Å². The molecule has 1 atom stereocenters. The van der Waals surface area contributed by atoms with Gasteiger partial charge in [-0.25, -0.2) is 0 Å². The molecule has 0 radical (unpaired) electrons. The van der Waals surface area contributed by atoms with Crippen molar-refractivity contribution in [1.29, 1.82) is 0 Å². The largest absolute Gasteiger partial charge is 0.350 e. The summed E-state index contributed by atoms with van der Waals surface area (Å²) < 4.78 is 0. The molecule has 1 saturated heterocycles. The molecule has 6 nitrogen and oxygen atoms in total. The van der Waals surface area contributed by atoms with E-state index in [1.54, 1.807) is 12.1 Å². The molecular weight excluding hydrogens is 386 g/mol. The van der Waals surface area contributed by atoms with Gasteiger partial charge in [0, 0.05) is 29.1 Å². The number of nitro groups is 1. The Morgan fingerprint density at radius 3 is 2.72 bits per heavy atom. The molecule has 2 aromatic carbocycles. The lowest BCUT2D eigenvalue weighted by Crippen LogP contribution is -2.40. The summed E-state index contributed by atoms with van der Waals surface area (Å²) in [7, 11) is 0. The average Bonchev–Trinajstić information content (AvgIpc) is 3.16. The molecule has 1 fully saturated rings. The topological polar surface area (TPSA) is 75.5 Å². The number of aryl methyl sites for hydroxylation is 2. The molecule has 1 heterocycles. The number of nitrogens with zero attached hydrogens (tertiary/aromatic N) is 2. The van der Waals surface area contributed by atoms with Gasteiger partial charge in [0.2, 0.25) is 0 Å². The normalized spacial score (nSPS) is 16.7. The molecule has 1 unspecified atom stereocenters. The van der Waals surface area contributed by atoms with Crippen molar-refractivity contribution >= 4 is 23.4 Å². The number of hydrogen-bond donors (Lipinski definition) is 1. The van der Waals surface area contributed by atoms with Crippen molar-refractivity contribution < 1.29 is 9.72 Å². The maximum Gasteiger partial charge on any atom is 0.284 e. The van der Waals surface area contributed by atoms with E-state index in [2.05, 4.69) is 17.1 Å². The summed E-state index contributed by atoms with van der Waals surface area (Å²) >= 11 is 1.34. The first-order valence-electron chi connectivity index (χ1n) is 9.95. The van der Waals surface area contributed by atoms with Crippen LogP contribution in [-0.4, -0.2) is 41.4 Å². The number of hydrogen-bond acceptors (Lipinski definition) is 5. The number of likely N-dealkylation sites (tertiary alicyclic amines) is 1. The molecule has 1 aliphatic heterocycles. The number of carbonyl (C=O) groups is 1. The number of amides is 1. The molecule has 0 saturated carbocycles. The summed E-state index contributed by atoms with van der Waals surface area (Å²) in [4.78, 5) is 27.6. The van der Waals surface area contributed by atoms with Crippen molar-refractivity contribution in [3.8, 4) is 0 Å². The Bertz CT molecular complexity index is 916. The maximum absolute atomic E-state index is 12.6.